The zero-order valence-corrected chi connectivity index (χ0v) is 17.7. The molecule has 0 amide bonds. The molecule has 1 aliphatic rings. The van der Waals surface area contributed by atoms with Gasteiger partial charge in [0.2, 0.25) is 10.1 Å². The molecule has 7 nitrogen and oxygen atoms in total. The first-order chi connectivity index (χ1) is 14.2. The summed E-state index contributed by atoms with van der Waals surface area (Å²) in [6.07, 6.45) is 1.81. The van der Waals surface area contributed by atoms with Gasteiger partial charge in [0.15, 0.2) is 0 Å². The summed E-state index contributed by atoms with van der Waals surface area (Å²) in [5, 5.41) is 8.46. The lowest BCUT2D eigenvalue weighted by Crippen LogP contribution is -2.46. The second kappa shape index (κ2) is 9.47. The van der Waals surface area contributed by atoms with E-state index in [1.54, 1.807) is 6.07 Å². The number of anilines is 1. The minimum atomic E-state index is -0.107. The van der Waals surface area contributed by atoms with E-state index in [1.807, 2.05) is 6.92 Å². The molecule has 1 aromatic carbocycles. The van der Waals surface area contributed by atoms with Crippen LogP contribution in [0.1, 0.15) is 24.6 Å². The molecule has 8 heteroatoms. The van der Waals surface area contributed by atoms with Crippen LogP contribution in [0.3, 0.4) is 0 Å². The average Bonchev–Trinajstić information content (AvgIpc) is 3.16. The fraction of sp³-hybridized carbons (Fsp3) is 0.476. The Morgan fingerprint density at radius 3 is 2.62 bits per heavy atom. The van der Waals surface area contributed by atoms with Gasteiger partial charge in [-0.05, 0) is 24.9 Å². The summed E-state index contributed by atoms with van der Waals surface area (Å²) in [7, 11) is 0. The van der Waals surface area contributed by atoms with Crippen molar-refractivity contribution in [1.82, 2.24) is 24.4 Å². The molecule has 0 bridgehead atoms. The number of aromatic nitrogens is 3. The Kier molecular flexibility index (Phi) is 6.53. The number of piperazine rings is 1. The van der Waals surface area contributed by atoms with Crippen molar-refractivity contribution in [3.05, 3.63) is 58.0 Å². The lowest BCUT2D eigenvalue weighted by molar-refractivity contribution is 0.127. The quantitative estimate of drug-likeness (QED) is 0.573. The molecule has 1 saturated heterocycles. The Balaban J connectivity index is 1.19. The van der Waals surface area contributed by atoms with Crippen LogP contribution in [-0.2, 0) is 13.0 Å². The summed E-state index contributed by atoms with van der Waals surface area (Å²) >= 11 is 1.44. The molecule has 1 N–H and O–H groups in total. The molecular weight excluding hydrogens is 384 g/mol. The van der Waals surface area contributed by atoms with Crippen molar-refractivity contribution >= 4 is 21.4 Å². The Bertz CT molecular complexity index is 978. The van der Waals surface area contributed by atoms with Gasteiger partial charge in [0.25, 0.3) is 5.56 Å². The van der Waals surface area contributed by atoms with Gasteiger partial charge in [-0.25, -0.2) is 4.98 Å². The predicted molar refractivity (Wildman–Crippen MR) is 118 cm³/mol. The van der Waals surface area contributed by atoms with E-state index in [-0.39, 0.29) is 5.56 Å². The minimum Gasteiger partial charge on any atom is -0.360 e. The van der Waals surface area contributed by atoms with Crippen molar-refractivity contribution in [1.29, 1.82) is 0 Å². The number of benzene rings is 1. The lowest BCUT2D eigenvalue weighted by atomic mass is 10.2. The minimum absolute atomic E-state index is 0.107. The van der Waals surface area contributed by atoms with E-state index in [9.17, 15) is 4.79 Å². The second-order valence-corrected chi connectivity index (χ2v) is 8.38. The summed E-state index contributed by atoms with van der Waals surface area (Å²) in [5.74, 6) is 0. The SMILES string of the molecule is CCc1cc(=O)n2nc(NCCCN3CCN(Cc4ccccc4)CC3)sc2n1. The van der Waals surface area contributed by atoms with E-state index in [4.69, 9.17) is 0 Å². The number of hydrogen-bond acceptors (Lipinski definition) is 7. The van der Waals surface area contributed by atoms with Crippen LogP contribution in [0.5, 0.6) is 0 Å². The molecule has 0 radical (unpaired) electrons. The molecule has 1 aliphatic heterocycles. The van der Waals surface area contributed by atoms with Crippen LogP contribution in [-0.4, -0.2) is 63.7 Å². The maximum atomic E-state index is 12.1. The highest BCUT2D eigenvalue weighted by Gasteiger charge is 2.16. The van der Waals surface area contributed by atoms with Gasteiger partial charge in [-0.3, -0.25) is 9.69 Å². The topological polar surface area (TPSA) is 65.8 Å². The fourth-order valence-electron chi connectivity index (χ4n) is 3.62. The lowest BCUT2D eigenvalue weighted by Gasteiger charge is -2.34. The second-order valence-electron chi connectivity index (χ2n) is 7.42. The van der Waals surface area contributed by atoms with E-state index in [2.05, 4.69) is 55.5 Å². The largest absolute Gasteiger partial charge is 0.360 e. The number of rotatable bonds is 8. The zero-order valence-electron chi connectivity index (χ0n) is 16.9. The van der Waals surface area contributed by atoms with E-state index >= 15 is 0 Å². The standard InChI is InChI=1S/C21H28N6OS/c1-2-18-15-19(28)27-21(23-18)29-20(24-27)22-9-6-10-25-11-13-26(14-12-25)16-17-7-4-3-5-8-17/h3-5,7-8,15H,2,6,9-14,16H2,1H3,(H,22,24). The Labute approximate surface area is 175 Å². The molecule has 3 aromatic rings. The van der Waals surface area contributed by atoms with Gasteiger partial charge in [-0.15, -0.1) is 5.10 Å². The van der Waals surface area contributed by atoms with Crippen LogP contribution in [0.2, 0.25) is 0 Å². The monoisotopic (exact) mass is 412 g/mol. The Morgan fingerprint density at radius 1 is 1.10 bits per heavy atom. The van der Waals surface area contributed by atoms with Crippen LogP contribution in [0.15, 0.2) is 41.2 Å². The summed E-state index contributed by atoms with van der Waals surface area (Å²) in [5.41, 5.74) is 2.10. The summed E-state index contributed by atoms with van der Waals surface area (Å²) in [6.45, 7) is 9.44. The third kappa shape index (κ3) is 5.20. The molecule has 2 aromatic heterocycles. The van der Waals surface area contributed by atoms with E-state index < -0.39 is 0 Å². The molecule has 0 spiro atoms. The molecule has 29 heavy (non-hydrogen) atoms. The number of nitrogens with zero attached hydrogens (tertiary/aromatic N) is 5. The molecule has 4 rings (SSSR count). The first kappa shape index (κ1) is 20.0. The molecule has 0 aliphatic carbocycles. The van der Waals surface area contributed by atoms with Gasteiger partial charge < -0.3 is 10.2 Å². The Hall–Kier alpha value is -2.29. The molecule has 0 unspecified atom stereocenters. The maximum Gasteiger partial charge on any atom is 0.275 e. The van der Waals surface area contributed by atoms with Gasteiger partial charge >= 0.3 is 0 Å². The highest BCUT2D eigenvalue weighted by atomic mass is 32.1. The number of aryl methyl sites for hydroxylation is 1. The third-order valence-corrected chi connectivity index (χ3v) is 6.17. The van der Waals surface area contributed by atoms with E-state index in [1.165, 1.54) is 21.4 Å². The van der Waals surface area contributed by atoms with Gasteiger partial charge in [-0.2, -0.15) is 4.52 Å². The van der Waals surface area contributed by atoms with Gasteiger partial charge in [0.05, 0.1) is 0 Å². The molecule has 1 fully saturated rings. The molecular formula is C21H28N6OS. The van der Waals surface area contributed by atoms with Crippen LogP contribution in [0.25, 0.3) is 4.96 Å². The molecule has 154 valence electrons. The van der Waals surface area contributed by atoms with E-state index in [0.29, 0.717) is 4.96 Å². The number of hydrogen-bond donors (Lipinski definition) is 1. The maximum absolute atomic E-state index is 12.1. The molecule has 0 atom stereocenters. The molecule has 0 saturated carbocycles. The number of nitrogens with one attached hydrogen (secondary N) is 1. The summed E-state index contributed by atoms with van der Waals surface area (Å²) in [4.78, 5) is 22.3. The van der Waals surface area contributed by atoms with Gasteiger partial charge in [0, 0.05) is 51.0 Å². The fourth-order valence-corrected chi connectivity index (χ4v) is 4.47. The number of fused-ring (bicyclic) bond motifs is 1. The summed E-state index contributed by atoms with van der Waals surface area (Å²) in [6, 6.07) is 12.3. The van der Waals surface area contributed by atoms with Crippen LogP contribution in [0, 0.1) is 0 Å². The van der Waals surface area contributed by atoms with Crippen LogP contribution in [0.4, 0.5) is 5.13 Å². The van der Waals surface area contributed by atoms with Crippen molar-refractivity contribution in [2.45, 2.75) is 26.3 Å². The van der Waals surface area contributed by atoms with E-state index in [0.717, 1.165) is 69.5 Å². The van der Waals surface area contributed by atoms with Crippen molar-refractivity contribution in [2.75, 3.05) is 44.6 Å². The predicted octanol–water partition coefficient (Wildman–Crippen LogP) is 2.33. The van der Waals surface area contributed by atoms with Crippen molar-refractivity contribution in [3.8, 4) is 0 Å². The highest BCUT2D eigenvalue weighted by molar-refractivity contribution is 7.20. The third-order valence-electron chi connectivity index (χ3n) is 5.30. The zero-order chi connectivity index (χ0) is 20.1. The van der Waals surface area contributed by atoms with Gasteiger partial charge in [0.1, 0.15) is 0 Å². The highest BCUT2D eigenvalue weighted by Crippen LogP contribution is 2.16. The van der Waals surface area contributed by atoms with Crippen LogP contribution >= 0.6 is 11.3 Å². The first-order valence-electron chi connectivity index (χ1n) is 10.3. The molecule has 3 heterocycles. The van der Waals surface area contributed by atoms with Crippen molar-refractivity contribution < 1.29 is 0 Å². The first-order valence-corrected chi connectivity index (χ1v) is 11.2. The van der Waals surface area contributed by atoms with Crippen molar-refractivity contribution in [3.63, 3.8) is 0 Å². The summed E-state index contributed by atoms with van der Waals surface area (Å²) < 4.78 is 1.39. The smallest absolute Gasteiger partial charge is 0.275 e. The van der Waals surface area contributed by atoms with Crippen molar-refractivity contribution in [2.24, 2.45) is 0 Å². The normalized spacial score (nSPS) is 15.8. The Morgan fingerprint density at radius 2 is 1.86 bits per heavy atom. The van der Waals surface area contributed by atoms with Gasteiger partial charge in [-0.1, -0.05) is 48.6 Å². The van der Waals surface area contributed by atoms with Crippen LogP contribution < -0.4 is 10.9 Å². The average molecular weight is 413 g/mol.